The number of carboxylic acids is 1. The number of fused-ring (bicyclic) bond motifs is 1. The molecule has 2 aromatic heterocycles. The lowest BCUT2D eigenvalue weighted by molar-refractivity contribution is -0.160. The van der Waals surface area contributed by atoms with Gasteiger partial charge in [0.1, 0.15) is 0 Å². The quantitative estimate of drug-likeness (QED) is 0.323. The van der Waals surface area contributed by atoms with Crippen LogP contribution in [0.25, 0.3) is 28.0 Å². The number of aliphatic carboxylic acids is 1. The van der Waals surface area contributed by atoms with Crippen molar-refractivity contribution >= 4 is 34.8 Å². The van der Waals surface area contributed by atoms with Crippen molar-refractivity contribution < 1.29 is 14.6 Å². The molecule has 4 aromatic rings. The molecule has 34 heavy (non-hydrogen) atoms. The van der Waals surface area contributed by atoms with Crippen molar-refractivity contribution in [1.29, 1.82) is 0 Å². The molecule has 176 valence electrons. The molecule has 0 saturated carbocycles. The minimum atomic E-state index is -1.27. The van der Waals surface area contributed by atoms with Crippen LogP contribution in [0.15, 0.2) is 48.7 Å². The molecule has 1 atom stereocenters. The van der Waals surface area contributed by atoms with Gasteiger partial charge < -0.3 is 9.84 Å². The fourth-order valence-corrected chi connectivity index (χ4v) is 4.46. The molecule has 6 nitrogen and oxygen atoms in total. The van der Waals surface area contributed by atoms with E-state index in [0.717, 1.165) is 16.7 Å². The van der Waals surface area contributed by atoms with E-state index in [2.05, 4.69) is 5.10 Å². The number of hydrogen-bond donors (Lipinski definition) is 1. The van der Waals surface area contributed by atoms with Gasteiger partial charge in [-0.2, -0.15) is 5.10 Å². The summed E-state index contributed by atoms with van der Waals surface area (Å²) in [5, 5.41) is 15.8. The average Bonchev–Trinajstić information content (AvgIpc) is 3.14. The third-order valence-electron chi connectivity index (χ3n) is 5.35. The third kappa shape index (κ3) is 4.67. The van der Waals surface area contributed by atoms with E-state index in [9.17, 15) is 9.90 Å². The van der Waals surface area contributed by atoms with Crippen LogP contribution in [0, 0.1) is 13.8 Å². The molecule has 1 N–H and O–H groups in total. The van der Waals surface area contributed by atoms with Crippen LogP contribution in [-0.4, -0.2) is 31.3 Å². The molecule has 0 bridgehead atoms. The molecule has 0 spiro atoms. The average molecular weight is 498 g/mol. The molecule has 2 aromatic carbocycles. The minimum absolute atomic E-state index is 0.404. The predicted octanol–water partition coefficient (Wildman–Crippen LogP) is 6.93. The Bertz CT molecular complexity index is 1410. The van der Waals surface area contributed by atoms with Gasteiger partial charge in [-0.1, -0.05) is 47.5 Å². The van der Waals surface area contributed by atoms with Gasteiger partial charge >= 0.3 is 5.97 Å². The van der Waals surface area contributed by atoms with Crippen molar-refractivity contribution in [3.63, 3.8) is 0 Å². The molecule has 0 radical (unpaired) electrons. The highest BCUT2D eigenvalue weighted by Crippen LogP contribution is 2.39. The van der Waals surface area contributed by atoms with E-state index >= 15 is 0 Å². The standard InChI is InChI=1S/C26H25Cl2N3O3/c1-14-9-10-18(20(28)11-14)22-21(23(25(32)33)34-26(3,4)5)15(2)30-24-19(13-29-31(22)24)16-7-6-8-17(27)12-16/h6-13,23H,1-5H3,(H,32,33). The number of carbonyl (C=O) groups is 1. The fraction of sp³-hybridized carbons (Fsp3) is 0.269. The molecule has 4 rings (SSSR count). The van der Waals surface area contributed by atoms with Gasteiger partial charge in [-0.3, -0.25) is 0 Å². The Morgan fingerprint density at radius 2 is 1.82 bits per heavy atom. The Morgan fingerprint density at radius 3 is 2.44 bits per heavy atom. The molecule has 0 fully saturated rings. The van der Waals surface area contributed by atoms with E-state index in [1.807, 2.05) is 64.1 Å². The Kier molecular flexibility index (Phi) is 6.42. The zero-order chi connectivity index (χ0) is 24.8. The number of ether oxygens (including phenoxy) is 1. The second kappa shape index (κ2) is 9.02. The zero-order valence-electron chi connectivity index (χ0n) is 19.6. The first-order valence-electron chi connectivity index (χ1n) is 10.8. The summed E-state index contributed by atoms with van der Waals surface area (Å²) in [4.78, 5) is 17.2. The smallest absolute Gasteiger partial charge is 0.337 e. The van der Waals surface area contributed by atoms with Gasteiger partial charge in [0.05, 0.1) is 22.5 Å². The molecular weight excluding hydrogens is 473 g/mol. The van der Waals surface area contributed by atoms with Crippen LogP contribution in [0.3, 0.4) is 0 Å². The van der Waals surface area contributed by atoms with Crippen LogP contribution in [0.4, 0.5) is 0 Å². The second-order valence-electron chi connectivity index (χ2n) is 9.20. The summed E-state index contributed by atoms with van der Waals surface area (Å²) >= 11 is 12.9. The second-order valence-corrected chi connectivity index (χ2v) is 10.0. The molecule has 8 heteroatoms. The van der Waals surface area contributed by atoms with Crippen molar-refractivity contribution in [1.82, 2.24) is 14.6 Å². The van der Waals surface area contributed by atoms with Crippen LogP contribution in [0.5, 0.6) is 0 Å². The summed E-state index contributed by atoms with van der Waals surface area (Å²) in [7, 11) is 0. The number of rotatable bonds is 5. The van der Waals surface area contributed by atoms with Crippen molar-refractivity contribution in [2.75, 3.05) is 0 Å². The van der Waals surface area contributed by atoms with E-state index in [4.69, 9.17) is 32.9 Å². The van der Waals surface area contributed by atoms with Crippen LogP contribution in [0.2, 0.25) is 10.0 Å². The van der Waals surface area contributed by atoms with Gasteiger partial charge in [0, 0.05) is 27.4 Å². The molecule has 0 aliphatic heterocycles. The first-order valence-corrected chi connectivity index (χ1v) is 11.5. The molecule has 0 saturated heterocycles. The number of carboxylic acid groups (broad SMARTS) is 1. The maximum atomic E-state index is 12.4. The van der Waals surface area contributed by atoms with Crippen molar-refractivity contribution in [3.8, 4) is 22.4 Å². The topological polar surface area (TPSA) is 76.7 Å². The SMILES string of the molecule is Cc1ccc(-c2c(C(OC(C)(C)C)C(=O)O)c(C)nc3c(-c4cccc(Cl)c4)cnn23)c(Cl)c1. The summed E-state index contributed by atoms with van der Waals surface area (Å²) in [6.07, 6.45) is 0.423. The number of aromatic nitrogens is 3. The lowest BCUT2D eigenvalue weighted by Gasteiger charge is -2.27. The summed E-state index contributed by atoms with van der Waals surface area (Å²) in [6, 6.07) is 13.1. The molecule has 0 aliphatic carbocycles. The van der Waals surface area contributed by atoms with Crippen LogP contribution >= 0.6 is 23.2 Å². The van der Waals surface area contributed by atoms with Crippen molar-refractivity contribution in [2.45, 2.75) is 46.3 Å². The third-order valence-corrected chi connectivity index (χ3v) is 5.90. The number of nitrogens with zero attached hydrogens (tertiary/aromatic N) is 3. The minimum Gasteiger partial charge on any atom is -0.479 e. The van der Waals surface area contributed by atoms with Gasteiger partial charge in [-0.05, 0) is 63.9 Å². The summed E-state index contributed by atoms with van der Waals surface area (Å²) in [5.74, 6) is -1.12. The Hall–Kier alpha value is -2.93. The first-order chi connectivity index (χ1) is 16.0. The largest absolute Gasteiger partial charge is 0.479 e. The van der Waals surface area contributed by atoms with Crippen molar-refractivity contribution in [3.05, 3.63) is 75.5 Å². The fourth-order valence-electron chi connectivity index (χ4n) is 3.95. The highest BCUT2D eigenvalue weighted by molar-refractivity contribution is 6.33. The zero-order valence-corrected chi connectivity index (χ0v) is 21.1. The van der Waals surface area contributed by atoms with Gasteiger partial charge in [0.2, 0.25) is 0 Å². The Balaban J connectivity index is 2.09. The summed E-state index contributed by atoms with van der Waals surface area (Å²) < 4.78 is 7.64. The lowest BCUT2D eigenvalue weighted by Crippen LogP contribution is -2.29. The summed E-state index contributed by atoms with van der Waals surface area (Å²) in [5.41, 5.74) is 4.54. The molecular formula is C26H25Cl2N3O3. The Morgan fingerprint density at radius 1 is 1.09 bits per heavy atom. The van der Waals surface area contributed by atoms with E-state index in [1.165, 1.54) is 0 Å². The summed E-state index contributed by atoms with van der Waals surface area (Å²) in [6.45, 7) is 9.16. The van der Waals surface area contributed by atoms with E-state index in [1.54, 1.807) is 23.7 Å². The van der Waals surface area contributed by atoms with Gasteiger partial charge in [0.25, 0.3) is 0 Å². The maximum absolute atomic E-state index is 12.4. The van der Waals surface area contributed by atoms with E-state index in [-0.39, 0.29) is 0 Å². The lowest BCUT2D eigenvalue weighted by atomic mass is 9.98. The van der Waals surface area contributed by atoms with Crippen LogP contribution in [-0.2, 0) is 9.53 Å². The molecule has 2 heterocycles. The predicted molar refractivity (Wildman–Crippen MR) is 135 cm³/mol. The van der Waals surface area contributed by atoms with Crippen LogP contribution < -0.4 is 0 Å². The van der Waals surface area contributed by atoms with E-state index in [0.29, 0.717) is 38.2 Å². The number of halogens is 2. The van der Waals surface area contributed by atoms with Crippen molar-refractivity contribution in [2.24, 2.45) is 0 Å². The number of hydrogen-bond acceptors (Lipinski definition) is 4. The first kappa shape index (κ1) is 24.2. The monoisotopic (exact) mass is 497 g/mol. The molecule has 0 amide bonds. The number of aryl methyl sites for hydroxylation is 2. The molecule has 1 unspecified atom stereocenters. The highest BCUT2D eigenvalue weighted by Gasteiger charge is 2.33. The van der Waals surface area contributed by atoms with Gasteiger partial charge in [-0.15, -0.1) is 0 Å². The maximum Gasteiger partial charge on any atom is 0.337 e. The van der Waals surface area contributed by atoms with Gasteiger partial charge in [0.15, 0.2) is 11.8 Å². The van der Waals surface area contributed by atoms with Crippen LogP contribution in [0.1, 0.15) is 43.7 Å². The highest BCUT2D eigenvalue weighted by atomic mass is 35.5. The van der Waals surface area contributed by atoms with Gasteiger partial charge in [-0.25, -0.2) is 14.3 Å². The normalized spacial score (nSPS) is 12.8. The Labute approximate surface area is 208 Å². The molecule has 0 aliphatic rings. The van der Waals surface area contributed by atoms with E-state index < -0.39 is 17.7 Å². The number of benzene rings is 2.